The Kier molecular flexibility index (Phi) is 5.98. The Hall–Kier alpha value is -1.59. The van der Waals surface area contributed by atoms with E-state index < -0.39 is 17.9 Å². The van der Waals surface area contributed by atoms with Gasteiger partial charge in [0, 0.05) is 12.5 Å². The average molecular weight is 284 g/mol. The first-order valence-electron chi connectivity index (χ1n) is 7.12. The zero-order valence-corrected chi connectivity index (χ0v) is 12.3. The molecule has 0 heterocycles. The van der Waals surface area contributed by atoms with Gasteiger partial charge in [0.1, 0.15) is 6.04 Å². The van der Waals surface area contributed by atoms with Crippen LogP contribution in [-0.2, 0) is 14.4 Å². The van der Waals surface area contributed by atoms with Crippen LogP contribution in [0.5, 0.6) is 0 Å². The molecule has 0 aliphatic heterocycles. The highest BCUT2D eigenvalue weighted by Crippen LogP contribution is 2.31. The normalized spacial score (nSPS) is 23.4. The van der Waals surface area contributed by atoms with E-state index in [0.717, 1.165) is 0 Å². The molecule has 1 aliphatic rings. The number of carboxylic acids is 1. The Morgan fingerprint density at radius 2 is 1.75 bits per heavy atom. The van der Waals surface area contributed by atoms with Gasteiger partial charge in [-0.3, -0.25) is 14.4 Å². The fraction of sp³-hybridized carbons (Fsp3) is 0.786. The van der Waals surface area contributed by atoms with Gasteiger partial charge in [-0.1, -0.05) is 13.8 Å². The lowest BCUT2D eigenvalue weighted by molar-refractivity contribution is -0.141. The molecule has 6 heteroatoms. The van der Waals surface area contributed by atoms with Crippen LogP contribution >= 0.6 is 0 Å². The second-order valence-electron chi connectivity index (χ2n) is 5.91. The van der Waals surface area contributed by atoms with Crippen LogP contribution in [0.3, 0.4) is 0 Å². The standard InChI is InChI=1S/C14H24N2O4/c1-8(2)7-15-12(17)9(3)16-13(18)10-4-5-11(6-10)14(19)20/h8-11H,4-7H2,1-3H3,(H,15,17)(H,16,18)(H,19,20)/t9?,10-,11+/m1/s1. The Balaban J connectivity index is 2.38. The van der Waals surface area contributed by atoms with Gasteiger partial charge in [0.05, 0.1) is 5.92 Å². The van der Waals surface area contributed by atoms with Crippen LogP contribution in [0, 0.1) is 17.8 Å². The summed E-state index contributed by atoms with van der Waals surface area (Å²) in [5.41, 5.74) is 0. The molecule has 0 bridgehead atoms. The zero-order chi connectivity index (χ0) is 15.3. The summed E-state index contributed by atoms with van der Waals surface area (Å²) in [5, 5.41) is 14.3. The summed E-state index contributed by atoms with van der Waals surface area (Å²) in [7, 11) is 0. The van der Waals surface area contributed by atoms with Gasteiger partial charge >= 0.3 is 5.97 Å². The molecule has 20 heavy (non-hydrogen) atoms. The summed E-state index contributed by atoms with van der Waals surface area (Å²) < 4.78 is 0. The van der Waals surface area contributed by atoms with E-state index in [1.807, 2.05) is 13.8 Å². The maximum absolute atomic E-state index is 12.0. The second-order valence-corrected chi connectivity index (χ2v) is 5.91. The molecule has 1 aliphatic carbocycles. The molecule has 0 aromatic heterocycles. The zero-order valence-electron chi connectivity index (χ0n) is 12.3. The predicted octanol–water partition coefficient (Wildman–Crippen LogP) is 0.764. The highest BCUT2D eigenvalue weighted by atomic mass is 16.4. The van der Waals surface area contributed by atoms with Gasteiger partial charge in [-0.05, 0) is 32.1 Å². The number of amides is 2. The monoisotopic (exact) mass is 284 g/mol. The summed E-state index contributed by atoms with van der Waals surface area (Å²) >= 11 is 0. The minimum Gasteiger partial charge on any atom is -0.481 e. The van der Waals surface area contributed by atoms with E-state index in [0.29, 0.717) is 31.7 Å². The third-order valence-electron chi connectivity index (χ3n) is 3.59. The fourth-order valence-electron chi connectivity index (χ4n) is 2.30. The van der Waals surface area contributed by atoms with Gasteiger partial charge in [-0.2, -0.15) is 0 Å². The quantitative estimate of drug-likeness (QED) is 0.671. The summed E-state index contributed by atoms with van der Waals surface area (Å²) in [6.07, 6.45) is 1.46. The molecule has 0 spiro atoms. The van der Waals surface area contributed by atoms with Crippen LogP contribution in [0.15, 0.2) is 0 Å². The van der Waals surface area contributed by atoms with E-state index in [4.69, 9.17) is 5.11 Å². The Morgan fingerprint density at radius 1 is 1.15 bits per heavy atom. The Labute approximate surface area is 119 Å². The molecule has 6 nitrogen and oxygen atoms in total. The molecule has 0 aromatic rings. The lowest BCUT2D eigenvalue weighted by Crippen LogP contribution is -2.47. The van der Waals surface area contributed by atoms with Gasteiger partial charge < -0.3 is 15.7 Å². The van der Waals surface area contributed by atoms with Crippen molar-refractivity contribution in [3.8, 4) is 0 Å². The SMILES string of the molecule is CC(C)CNC(=O)C(C)NC(=O)[C@@H]1CC[C@H](C(=O)O)C1. The molecule has 0 radical (unpaired) electrons. The van der Waals surface area contributed by atoms with Crippen molar-refractivity contribution >= 4 is 17.8 Å². The van der Waals surface area contributed by atoms with Crippen molar-refractivity contribution in [1.29, 1.82) is 0 Å². The van der Waals surface area contributed by atoms with E-state index in [1.165, 1.54) is 0 Å². The van der Waals surface area contributed by atoms with E-state index >= 15 is 0 Å². The van der Waals surface area contributed by atoms with Crippen molar-refractivity contribution in [3.63, 3.8) is 0 Å². The van der Waals surface area contributed by atoms with Crippen LogP contribution < -0.4 is 10.6 Å². The number of rotatable bonds is 6. The molecular formula is C14H24N2O4. The van der Waals surface area contributed by atoms with Crippen molar-refractivity contribution < 1.29 is 19.5 Å². The minimum absolute atomic E-state index is 0.208. The third-order valence-corrected chi connectivity index (χ3v) is 3.59. The molecular weight excluding hydrogens is 260 g/mol. The van der Waals surface area contributed by atoms with Crippen molar-refractivity contribution in [1.82, 2.24) is 10.6 Å². The lowest BCUT2D eigenvalue weighted by atomic mass is 10.0. The highest BCUT2D eigenvalue weighted by Gasteiger charge is 2.34. The van der Waals surface area contributed by atoms with Crippen LogP contribution in [-0.4, -0.2) is 35.5 Å². The van der Waals surface area contributed by atoms with Crippen molar-refractivity contribution in [3.05, 3.63) is 0 Å². The first kappa shape index (κ1) is 16.5. The summed E-state index contributed by atoms with van der Waals surface area (Å²) in [6, 6.07) is -0.592. The van der Waals surface area contributed by atoms with E-state index in [1.54, 1.807) is 6.92 Å². The molecule has 2 amide bonds. The van der Waals surface area contributed by atoms with Crippen LogP contribution in [0.4, 0.5) is 0 Å². The number of hydrogen-bond acceptors (Lipinski definition) is 3. The maximum atomic E-state index is 12.0. The average Bonchev–Trinajstić information content (AvgIpc) is 2.85. The maximum Gasteiger partial charge on any atom is 0.306 e. The largest absolute Gasteiger partial charge is 0.481 e. The first-order valence-corrected chi connectivity index (χ1v) is 7.12. The number of hydrogen-bond donors (Lipinski definition) is 3. The number of carbonyl (C=O) groups excluding carboxylic acids is 2. The first-order chi connectivity index (χ1) is 9.31. The van der Waals surface area contributed by atoms with E-state index in [-0.39, 0.29) is 17.7 Å². The smallest absolute Gasteiger partial charge is 0.306 e. The fourth-order valence-corrected chi connectivity index (χ4v) is 2.30. The molecule has 1 fully saturated rings. The highest BCUT2D eigenvalue weighted by molar-refractivity contribution is 5.88. The van der Waals surface area contributed by atoms with Crippen LogP contribution in [0.2, 0.25) is 0 Å². The second kappa shape index (κ2) is 7.26. The van der Waals surface area contributed by atoms with Crippen molar-refractivity contribution in [2.45, 2.75) is 46.1 Å². The molecule has 1 unspecified atom stereocenters. The molecule has 0 aromatic carbocycles. The Bertz CT molecular complexity index is 381. The molecule has 3 N–H and O–H groups in total. The minimum atomic E-state index is -0.844. The molecule has 114 valence electrons. The van der Waals surface area contributed by atoms with E-state index in [2.05, 4.69) is 10.6 Å². The summed E-state index contributed by atoms with van der Waals surface area (Å²) in [6.45, 7) is 6.20. The number of nitrogens with one attached hydrogen (secondary N) is 2. The number of carbonyl (C=O) groups is 3. The number of carboxylic acid groups (broad SMARTS) is 1. The van der Waals surface area contributed by atoms with E-state index in [9.17, 15) is 14.4 Å². The molecule has 3 atom stereocenters. The lowest BCUT2D eigenvalue weighted by Gasteiger charge is -2.17. The van der Waals surface area contributed by atoms with Gasteiger partial charge in [0.25, 0.3) is 0 Å². The van der Waals surface area contributed by atoms with Crippen LogP contribution in [0.1, 0.15) is 40.0 Å². The molecule has 1 rings (SSSR count). The topological polar surface area (TPSA) is 95.5 Å². The van der Waals surface area contributed by atoms with Gasteiger partial charge in [0.2, 0.25) is 11.8 Å². The Morgan fingerprint density at radius 3 is 2.25 bits per heavy atom. The van der Waals surface area contributed by atoms with Gasteiger partial charge in [-0.15, -0.1) is 0 Å². The summed E-state index contributed by atoms with van der Waals surface area (Å²) in [4.78, 5) is 34.6. The summed E-state index contributed by atoms with van der Waals surface area (Å²) in [5.74, 6) is -1.65. The third kappa shape index (κ3) is 4.83. The predicted molar refractivity (Wildman–Crippen MR) is 73.9 cm³/mol. The number of aliphatic carboxylic acids is 1. The van der Waals surface area contributed by atoms with Gasteiger partial charge in [0.15, 0.2) is 0 Å². The molecule has 0 saturated heterocycles. The van der Waals surface area contributed by atoms with Gasteiger partial charge in [-0.25, -0.2) is 0 Å². The van der Waals surface area contributed by atoms with Crippen molar-refractivity contribution in [2.75, 3.05) is 6.54 Å². The van der Waals surface area contributed by atoms with Crippen LogP contribution in [0.25, 0.3) is 0 Å². The molecule has 1 saturated carbocycles. The van der Waals surface area contributed by atoms with Crippen molar-refractivity contribution in [2.24, 2.45) is 17.8 Å².